The molecule has 4 rings (SSSR count). The first-order chi connectivity index (χ1) is 14.2. The van der Waals surface area contributed by atoms with Crippen LogP contribution >= 0.6 is 0 Å². The number of carbonyl (C=O) groups excluding carboxylic acids is 1. The zero-order valence-electron chi connectivity index (χ0n) is 17.3. The van der Waals surface area contributed by atoms with E-state index < -0.39 is 0 Å². The average Bonchev–Trinajstić information content (AvgIpc) is 3.01. The number of guanidine groups is 1. The van der Waals surface area contributed by atoms with Gasteiger partial charge in [0.2, 0.25) is 5.96 Å². The summed E-state index contributed by atoms with van der Waals surface area (Å²) in [5.41, 5.74) is 13.8. The minimum Gasteiger partial charge on any atom is -0.455 e. The number of nitrogens with two attached hydrogens (primary N) is 2. The molecule has 0 aliphatic heterocycles. The SMILES string of the molecule is Cc1c(C(=O)Nc2cccc3ccccc23)oc2c1/C(=N\N=C(N)N)CC(C)(C)C2. The molecule has 0 unspecified atom stereocenters. The minimum atomic E-state index is -0.294. The Kier molecular flexibility index (Phi) is 4.81. The van der Waals surface area contributed by atoms with Gasteiger partial charge >= 0.3 is 0 Å². The standard InChI is InChI=1S/C23H25N5O2/c1-13-19-17(27-28-22(24)25)11-23(2,3)12-18(19)30-20(13)21(29)26-16-10-6-8-14-7-4-5-9-15(14)16/h4-10H,11-12H2,1-3H3,(H,26,29)(H4,24,25,28)/b27-17-. The largest absolute Gasteiger partial charge is 0.455 e. The average molecular weight is 403 g/mol. The summed E-state index contributed by atoms with van der Waals surface area (Å²) in [6.07, 6.45) is 1.38. The highest BCUT2D eigenvalue weighted by atomic mass is 16.4. The lowest BCUT2D eigenvalue weighted by Crippen LogP contribution is -2.27. The van der Waals surface area contributed by atoms with Crippen molar-refractivity contribution in [2.45, 2.75) is 33.6 Å². The van der Waals surface area contributed by atoms with Gasteiger partial charge in [-0.05, 0) is 30.2 Å². The summed E-state index contributed by atoms with van der Waals surface area (Å²) >= 11 is 0. The van der Waals surface area contributed by atoms with Crippen LogP contribution in [-0.2, 0) is 6.42 Å². The zero-order valence-corrected chi connectivity index (χ0v) is 17.3. The Balaban J connectivity index is 1.73. The molecule has 1 aliphatic carbocycles. The Morgan fingerprint density at radius 1 is 1.10 bits per heavy atom. The minimum absolute atomic E-state index is 0.0849. The van der Waals surface area contributed by atoms with E-state index in [1.807, 2.05) is 49.4 Å². The van der Waals surface area contributed by atoms with Crippen molar-refractivity contribution < 1.29 is 9.21 Å². The maximum atomic E-state index is 13.1. The second-order valence-electron chi connectivity index (χ2n) is 8.42. The van der Waals surface area contributed by atoms with Gasteiger partial charge in [-0.1, -0.05) is 50.2 Å². The molecule has 7 nitrogen and oxygen atoms in total. The summed E-state index contributed by atoms with van der Waals surface area (Å²) in [5.74, 6) is 0.610. The third-order valence-electron chi connectivity index (χ3n) is 5.32. The van der Waals surface area contributed by atoms with Gasteiger partial charge in [0.1, 0.15) is 5.76 Å². The normalized spacial score (nSPS) is 16.3. The molecule has 7 heteroatoms. The lowest BCUT2D eigenvalue weighted by Gasteiger charge is -2.29. The van der Waals surface area contributed by atoms with Gasteiger partial charge in [0.25, 0.3) is 5.91 Å². The van der Waals surface area contributed by atoms with Crippen molar-refractivity contribution in [3.8, 4) is 0 Å². The molecule has 2 aromatic carbocycles. The molecule has 5 N–H and O–H groups in total. The molecule has 3 aromatic rings. The van der Waals surface area contributed by atoms with E-state index >= 15 is 0 Å². The van der Waals surface area contributed by atoms with Gasteiger partial charge in [-0.25, -0.2) is 0 Å². The highest BCUT2D eigenvalue weighted by Crippen LogP contribution is 2.39. The molecule has 30 heavy (non-hydrogen) atoms. The lowest BCUT2D eigenvalue weighted by molar-refractivity contribution is 0.0993. The van der Waals surface area contributed by atoms with Crippen LogP contribution in [0, 0.1) is 12.3 Å². The van der Waals surface area contributed by atoms with Gasteiger partial charge in [-0.15, -0.1) is 5.10 Å². The highest BCUT2D eigenvalue weighted by molar-refractivity contribution is 6.11. The molecule has 0 atom stereocenters. The van der Waals surface area contributed by atoms with E-state index in [1.54, 1.807) is 0 Å². The first kappa shape index (κ1) is 19.7. The number of carbonyl (C=O) groups is 1. The first-order valence-electron chi connectivity index (χ1n) is 9.82. The number of fused-ring (bicyclic) bond motifs is 2. The zero-order chi connectivity index (χ0) is 21.5. The molecule has 1 amide bonds. The molecule has 0 spiro atoms. The number of rotatable bonds is 3. The Bertz CT molecular complexity index is 1190. The molecule has 0 fully saturated rings. The monoisotopic (exact) mass is 403 g/mol. The van der Waals surface area contributed by atoms with Crippen LogP contribution in [0.4, 0.5) is 5.69 Å². The fourth-order valence-corrected chi connectivity index (χ4v) is 4.05. The van der Waals surface area contributed by atoms with Crippen LogP contribution in [-0.4, -0.2) is 17.6 Å². The van der Waals surface area contributed by atoms with E-state index in [0.717, 1.165) is 39.1 Å². The van der Waals surface area contributed by atoms with Crippen LogP contribution in [0.5, 0.6) is 0 Å². The molecule has 1 aromatic heterocycles. The quantitative estimate of drug-likeness (QED) is 0.348. The van der Waals surface area contributed by atoms with Crippen molar-refractivity contribution in [1.29, 1.82) is 0 Å². The molecule has 1 heterocycles. The number of hydrogen-bond acceptors (Lipinski definition) is 4. The maximum absolute atomic E-state index is 13.1. The van der Waals surface area contributed by atoms with Crippen LogP contribution < -0.4 is 16.8 Å². The van der Waals surface area contributed by atoms with Gasteiger partial charge in [-0.3, -0.25) is 4.79 Å². The third-order valence-corrected chi connectivity index (χ3v) is 5.32. The molecule has 0 bridgehead atoms. The van der Waals surface area contributed by atoms with Crippen molar-refractivity contribution in [3.05, 3.63) is 65.1 Å². The topological polar surface area (TPSA) is 119 Å². The van der Waals surface area contributed by atoms with Gasteiger partial charge in [0.05, 0.1) is 5.71 Å². The summed E-state index contributed by atoms with van der Waals surface area (Å²) < 4.78 is 6.05. The molecule has 0 radical (unpaired) electrons. The van der Waals surface area contributed by atoms with Crippen molar-refractivity contribution >= 4 is 34.0 Å². The summed E-state index contributed by atoms with van der Waals surface area (Å²) in [6.45, 7) is 6.10. The van der Waals surface area contributed by atoms with Crippen molar-refractivity contribution in [2.24, 2.45) is 27.1 Å². The fraction of sp³-hybridized carbons (Fsp3) is 0.261. The number of nitrogens with one attached hydrogen (secondary N) is 1. The highest BCUT2D eigenvalue weighted by Gasteiger charge is 2.36. The van der Waals surface area contributed by atoms with Crippen LogP contribution in [0.3, 0.4) is 0 Å². The van der Waals surface area contributed by atoms with E-state index in [2.05, 4.69) is 29.4 Å². The number of hydrogen-bond donors (Lipinski definition) is 3. The maximum Gasteiger partial charge on any atom is 0.291 e. The molecule has 1 aliphatic rings. The van der Waals surface area contributed by atoms with Crippen LogP contribution in [0.1, 0.15) is 47.7 Å². The van der Waals surface area contributed by atoms with Gasteiger partial charge in [0, 0.05) is 28.6 Å². The molecule has 0 saturated heterocycles. The summed E-state index contributed by atoms with van der Waals surface area (Å²) in [6, 6.07) is 13.7. The predicted octanol–water partition coefficient (Wildman–Crippen LogP) is 3.94. The van der Waals surface area contributed by atoms with Crippen molar-refractivity contribution in [1.82, 2.24) is 0 Å². The molecular weight excluding hydrogens is 378 g/mol. The van der Waals surface area contributed by atoms with E-state index in [9.17, 15) is 4.79 Å². The van der Waals surface area contributed by atoms with Crippen molar-refractivity contribution in [2.75, 3.05) is 5.32 Å². The smallest absolute Gasteiger partial charge is 0.291 e. The second kappa shape index (κ2) is 7.33. The lowest BCUT2D eigenvalue weighted by atomic mass is 9.75. The molecular formula is C23H25N5O2. The number of benzene rings is 2. The van der Waals surface area contributed by atoms with Crippen LogP contribution in [0.25, 0.3) is 10.8 Å². The predicted molar refractivity (Wildman–Crippen MR) is 120 cm³/mol. The van der Waals surface area contributed by atoms with E-state index in [-0.39, 0.29) is 23.0 Å². The fourth-order valence-electron chi connectivity index (χ4n) is 4.05. The second-order valence-corrected chi connectivity index (χ2v) is 8.42. The molecule has 0 saturated carbocycles. The van der Waals surface area contributed by atoms with Gasteiger partial charge < -0.3 is 21.2 Å². The van der Waals surface area contributed by atoms with Crippen LogP contribution in [0.2, 0.25) is 0 Å². The van der Waals surface area contributed by atoms with Gasteiger partial charge in [-0.2, -0.15) is 5.10 Å². The number of nitrogens with zero attached hydrogens (tertiary/aromatic N) is 2. The first-order valence-corrected chi connectivity index (χ1v) is 9.82. The van der Waals surface area contributed by atoms with E-state index in [4.69, 9.17) is 15.9 Å². The van der Waals surface area contributed by atoms with E-state index in [1.165, 1.54) is 0 Å². The van der Waals surface area contributed by atoms with Crippen LogP contribution in [0.15, 0.2) is 57.1 Å². The Hall–Kier alpha value is -3.61. The summed E-state index contributed by atoms with van der Waals surface area (Å²) in [4.78, 5) is 13.1. The molecule has 154 valence electrons. The third kappa shape index (κ3) is 3.66. The van der Waals surface area contributed by atoms with E-state index in [0.29, 0.717) is 12.8 Å². The summed E-state index contributed by atoms with van der Waals surface area (Å²) in [7, 11) is 0. The number of anilines is 1. The Morgan fingerprint density at radius 3 is 2.60 bits per heavy atom. The Morgan fingerprint density at radius 2 is 1.83 bits per heavy atom. The number of furan rings is 1. The number of amides is 1. The van der Waals surface area contributed by atoms with Crippen molar-refractivity contribution in [3.63, 3.8) is 0 Å². The Labute approximate surface area is 174 Å². The summed E-state index contributed by atoms with van der Waals surface area (Å²) in [5, 5.41) is 13.1. The van der Waals surface area contributed by atoms with Gasteiger partial charge in [0.15, 0.2) is 5.76 Å².